The third kappa shape index (κ3) is 5.07. The molecule has 0 spiro atoms. The van der Waals surface area contributed by atoms with Gasteiger partial charge in [-0.25, -0.2) is 18.0 Å². The van der Waals surface area contributed by atoms with Crippen molar-refractivity contribution in [2.45, 2.75) is 37.2 Å². The lowest BCUT2D eigenvalue weighted by Crippen LogP contribution is -2.47. The van der Waals surface area contributed by atoms with Crippen molar-refractivity contribution in [2.75, 3.05) is 19.7 Å². The van der Waals surface area contributed by atoms with Crippen molar-refractivity contribution in [3.05, 3.63) is 53.0 Å². The maximum Gasteiger partial charge on any atom is 0.398 e. The first-order valence-corrected chi connectivity index (χ1v) is 9.78. The van der Waals surface area contributed by atoms with Gasteiger partial charge in [0.05, 0.1) is 6.61 Å². The Morgan fingerprint density at radius 3 is 2.50 bits per heavy atom. The number of hydrogen-bond acceptors (Lipinski definition) is 4. The second kappa shape index (κ2) is 9.10. The highest BCUT2D eigenvalue weighted by Crippen LogP contribution is 2.39. The number of rotatable bonds is 4. The molecule has 1 fully saturated rings. The van der Waals surface area contributed by atoms with Gasteiger partial charge in [-0.1, -0.05) is 6.08 Å². The zero-order valence-electron chi connectivity index (χ0n) is 16.7. The highest BCUT2D eigenvalue weighted by molar-refractivity contribution is 5.77. The monoisotopic (exact) mass is 465 g/mol. The van der Waals surface area contributed by atoms with Crippen molar-refractivity contribution in [1.82, 2.24) is 15.2 Å². The molecule has 3 rings (SSSR count). The average Bonchev–Trinajstić information content (AvgIpc) is 2.72. The SMILES string of the molecule is O=C(NC1=CCC(C(F)(F)F)C(F)=C1)N1CCC(F)(c2ncc([C@H](O)CO)cc2F)CC1. The van der Waals surface area contributed by atoms with E-state index in [-0.39, 0.29) is 37.2 Å². The second-order valence-electron chi connectivity index (χ2n) is 7.70. The quantitative estimate of drug-likeness (QED) is 0.594. The van der Waals surface area contributed by atoms with E-state index in [4.69, 9.17) is 5.11 Å². The lowest BCUT2D eigenvalue weighted by molar-refractivity contribution is -0.167. The Morgan fingerprint density at radius 1 is 1.31 bits per heavy atom. The summed E-state index contributed by atoms with van der Waals surface area (Å²) < 4.78 is 81.5. The van der Waals surface area contributed by atoms with Gasteiger partial charge in [-0.15, -0.1) is 0 Å². The van der Waals surface area contributed by atoms with Gasteiger partial charge >= 0.3 is 12.2 Å². The van der Waals surface area contributed by atoms with Gasteiger partial charge in [0.2, 0.25) is 0 Å². The lowest BCUT2D eigenvalue weighted by Gasteiger charge is -2.36. The van der Waals surface area contributed by atoms with E-state index in [9.17, 15) is 31.9 Å². The second-order valence-corrected chi connectivity index (χ2v) is 7.70. The molecule has 1 saturated heterocycles. The molecular formula is C20H21F6N3O3. The number of halogens is 6. The number of allylic oxidation sites excluding steroid dienone is 3. The van der Waals surface area contributed by atoms with Gasteiger partial charge in [0.15, 0.2) is 5.67 Å². The van der Waals surface area contributed by atoms with E-state index in [2.05, 4.69) is 10.3 Å². The number of urea groups is 1. The summed E-state index contributed by atoms with van der Waals surface area (Å²) >= 11 is 0. The molecule has 0 aromatic carbocycles. The molecule has 0 saturated carbocycles. The average molecular weight is 465 g/mol. The summed E-state index contributed by atoms with van der Waals surface area (Å²) in [6.45, 7) is -0.943. The van der Waals surface area contributed by atoms with Crippen LogP contribution in [0.3, 0.4) is 0 Å². The van der Waals surface area contributed by atoms with Crippen molar-refractivity contribution in [3.8, 4) is 0 Å². The predicted molar refractivity (Wildman–Crippen MR) is 99.8 cm³/mol. The topological polar surface area (TPSA) is 85.7 Å². The van der Waals surface area contributed by atoms with Crippen LogP contribution in [0.4, 0.5) is 31.1 Å². The van der Waals surface area contributed by atoms with Crippen molar-refractivity contribution >= 4 is 6.03 Å². The van der Waals surface area contributed by atoms with E-state index in [1.165, 1.54) is 4.90 Å². The summed E-state index contributed by atoms with van der Waals surface area (Å²) in [5.74, 6) is -4.66. The molecule has 2 atom stereocenters. The zero-order chi connectivity index (χ0) is 23.7. The number of amides is 2. The molecule has 2 heterocycles. The molecule has 2 amide bonds. The van der Waals surface area contributed by atoms with E-state index >= 15 is 4.39 Å². The molecule has 1 aliphatic carbocycles. The van der Waals surface area contributed by atoms with Crippen LogP contribution in [0.2, 0.25) is 0 Å². The molecular weight excluding hydrogens is 444 g/mol. The first-order chi connectivity index (χ1) is 14.9. The molecule has 176 valence electrons. The number of nitrogens with one attached hydrogen (secondary N) is 1. The maximum absolute atomic E-state index is 15.3. The fourth-order valence-corrected chi connectivity index (χ4v) is 3.62. The van der Waals surface area contributed by atoms with Crippen LogP contribution in [0.5, 0.6) is 0 Å². The summed E-state index contributed by atoms with van der Waals surface area (Å²) in [7, 11) is 0. The number of aromatic nitrogens is 1. The number of aliphatic hydroxyl groups excluding tert-OH is 2. The largest absolute Gasteiger partial charge is 0.398 e. The molecule has 6 nitrogen and oxygen atoms in total. The Kier molecular flexibility index (Phi) is 6.84. The molecule has 3 N–H and O–H groups in total. The van der Waals surface area contributed by atoms with E-state index in [1.807, 2.05) is 0 Å². The number of pyridine rings is 1. The normalized spacial score (nSPS) is 22.1. The van der Waals surface area contributed by atoms with Gasteiger partial charge in [0.1, 0.15) is 29.4 Å². The number of carbonyl (C=O) groups excluding carboxylic acids is 1. The van der Waals surface area contributed by atoms with E-state index < -0.39 is 60.3 Å². The highest BCUT2D eigenvalue weighted by Gasteiger charge is 2.44. The third-order valence-corrected chi connectivity index (χ3v) is 5.53. The van der Waals surface area contributed by atoms with Crippen LogP contribution in [0, 0.1) is 11.7 Å². The summed E-state index contributed by atoms with van der Waals surface area (Å²) in [6, 6.07) is 0.136. The van der Waals surface area contributed by atoms with Crippen molar-refractivity contribution in [1.29, 1.82) is 0 Å². The van der Waals surface area contributed by atoms with Crippen LogP contribution < -0.4 is 5.32 Å². The predicted octanol–water partition coefficient (Wildman–Crippen LogP) is 3.54. The van der Waals surface area contributed by atoms with Gasteiger partial charge in [0.25, 0.3) is 0 Å². The number of likely N-dealkylation sites (tertiary alicyclic amines) is 1. The van der Waals surface area contributed by atoms with Crippen LogP contribution in [0.25, 0.3) is 0 Å². The molecule has 1 aromatic heterocycles. The van der Waals surface area contributed by atoms with Gasteiger partial charge in [-0.05, 0) is 18.6 Å². The molecule has 0 radical (unpaired) electrons. The van der Waals surface area contributed by atoms with Gasteiger partial charge in [-0.2, -0.15) is 13.2 Å². The van der Waals surface area contributed by atoms with Gasteiger partial charge in [0, 0.05) is 43.4 Å². The van der Waals surface area contributed by atoms with E-state index in [0.29, 0.717) is 6.08 Å². The fraction of sp³-hybridized carbons (Fsp3) is 0.500. The molecule has 0 bridgehead atoms. The summed E-state index contributed by atoms with van der Waals surface area (Å²) in [6.07, 6.45) is -4.62. The van der Waals surface area contributed by atoms with Crippen molar-refractivity contribution in [2.24, 2.45) is 5.92 Å². The molecule has 1 unspecified atom stereocenters. The van der Waals surface area contributed by atoms with Crippen LogP contribution in [0.15, 0.2) is 35.9 Å². The first-order valence-electron chi connectivity index (χ1n) is 9.78. The summed E-state index contributed by atoms with van der Waals surface area (Å²) in [5.41, 5.74) is -2.80. The number of nitrogens with zero attached hydrogens (tertiary/aromatic N) is 2. The Morgan fingerprint density at radius 2 is 1.97 bits per heavy atom. The lowest BCUT2D eigenvalue weighted by atomic mass is 9.89. The molecule has 12 heteroatoms. The summed E-state index contributed by atoms with van der Waals surface area (Å²) in [5, 5.41) is 20.7. The number of hydrogen-bond donors (Lipinski definition) is 3. The van der Waals surface area contributed by atoms with Crippen LogP contribution in [0.1, 0.15) is 36.6 Å². The van der Waals surface area contributed by atoms with E-state index in [0.717, 1.165) is 18.3 Å². The molecule has 2 aliphatic rings. The minimum Gasteiger partial charge on any atom is -0.393 e. The van der Waals surface area contributed by atoms with Gasteiger partial charge < -0.3 is 20.4 Å². The summed E-state index contributed by atoms with van der Waals surface area (Å²) in [4.78, 5) is 17.3. The standard InChI is InChI=1S/C20H21F6N3O3/c21-14-8-12(1-2-13(14)20(24,25)26)28-18(32)29-5-3-19(23,4-6-29)17-15(22)7-11(9-27-17)16(31)10-30/h1,7-9,13,16,30-31H,2-6,10H2,(H,28,32)/t13?,16-/m1/s1. The smallest absolute Gasteiger partial charge is 0.393 e. The first kappa shape index (κ1) is 24.1. The molecule has 32 heavy (non-hydrogen) atoms. The van der Waals surface area contributed by atoms with Crippen LogP contribution in [-0.2, 0) is 5.67 Å². The number of alkyl halides is 4. The minimum absolute atomic E-state index is 0.0111. The van der Waals surface area contributed by atoms with Crippen LogP contribution >= 0.6 is 0 Å². The Labute approximate surface area is 179 Å². The third-order valence-electron chi connectivity index (χ3n) is 5.53. The zero-order valence-corrected chi connectivity index (χ0v) is 16.7. The highest BCUT2D eigenvalue weighted by atomic mass is 19.4. The maximum atomic E-state index is 15.3. The number of aliphatic hydroxyl groups is 2. The van der Waals surface area contributed by atoms with E-state index in [1.54, 1.807) is 0 Å². The van der Waals surface area contributed by atoms with Gasteiger partial charge in [-0.3, -0.25) is 4.98 Å². The van der Waals surface area contributed by atoms with Crippen molar-refractivity contribution in [3.63, 3.8) is 0 Å². The Bertz CT molecular complexity index is 926. The fourth-order valence-electron chi connectivity index (χ4n) is 3.62. The van der Waals surface area contributed by atoms with Crippen molar-refractivity contribution < 1.29 is 41.4 Å². The number of piperidine rings is 1. The van der Waals surface area contributed by atoms with Crippen LogP contribution in [-0.4, -0.2) is 52.0 Å². The Balaban J connectivity index is 1.61. The molecule has 1 aliphatic heterocycles. The molecule has 1 aromatic rings. The minimum atomic E-state index is -4.73. The number of carbonyl (C=O) groups is 1. The Hall–Kier alpha value is -2.60.